The lowest BCUT2D eigenvalue weighted by Gasteiger charge is -2.28. The van der Waals surface area contributed by atoms with Crippen molar-refractivity contribution in [2.24, 2.45) is 0 Å². The molecule has 2 atom stereocenters. The van der Waals surface area contributed by atoms with Gasteiger partial charge in [-0.3, -0.25) is 4.79 Å². The van der Waals surface area contributed by atoms with Gasteiger partial charge >= 0.3 is 0 Å². The number of nitrogens with zero attached hydrogens (tertiary/aromatic N) is 1. The molecule has 0 bridgehead atoms. The Morgan fingerprint density at radius 3 is 2.54 bits per heavy atom. The fraction of sp³-hybridized carbons (Fsp3) is 0.381. The number of nitrogens with one attached hydrogen (secondary N) is 1. The minimum absolute atomic E-state index is 0.0896. The average molecular weight is 352 g/mol. The SMILES string of the molecule is C[C@H]1Oc2c(C(=O)Nc3ccc(N4CCOCC4)cc3)cccc2[C@@H]1C. The Balaban J connectivity index is 1.49. The summed E-state index contributed by atoms with van der Waals surface area (Å²) in [5.74, 6) is 0.878. The molecule has 0 aromatic heterocycles. The number of carbonyl (C=O) groups is 1. The van der Waals surface area contributed by atoms with Gasteiger partial charge in [0.2, 0.25) is 0 Å². The number of para-hydroxylation sites is 1. The van der Waals surface area contributed by atoms with Crippen LogP contribution in [0.2, 0.25) is 0 Å². The highest BCUT2D eigenvalue weighted by Gasteiger charge is 2.31. The van der Waals surface area contributed by atoms with Crippen molar-refractivity contribution in [3.63, 3.8) is 0 Å². The van der Waals surface area contributed by atoms with Crippen molar-refractivity contribution >= 4 is 17.3 Å². The predicted octanol–water partition coefficient (Wildman–Crippen LogP) is 3.66. The topological polar surface area (TPSA) is 50.8 Å². The van der Waals surface area contributed by atoms with E-state index in [1.165, 1.54) is 0 Å². The molecule has 2 aromatic carbocycles. The summed E-state index contributed by atoms with van der Waals surface area (Å²) in [4.78, 5) is 15.0. The number of hydrogen-bond acceptors (Lipinski definition) is 4. The Bertz CT molecular complexity index is 797. The van der Waals surface area contributed by atoms with Crippen molar-refractivity contribution < 1.29 is 14.3 Å². The van der Waals surface area contributed by atoms with Gasteiger partial charge in [0.15, 0.2) is 0 Å². The predicted molar refractivity (Wildman–Crippen MR) is 102 cm³/mol. The molecule has 0 aliphatic carbocycles. The lowest BCUT2D eigenvalue weighted by molar-refractivity contribution is 0.102. The van der Waals surface area contributed by atoms with E-state index in [4.69, 9.17) is 9.47 Å². The third-order valence-electron chi connectivity index (χ3n) is 5.29. The van der Waals surface area contributed by atoms with Crippen LogP contribution in [0.4, 0.5) is 11.4 Å². The number of hydrogen-bond donors (Lipinski definition) is 1. The third-order valence-corrected chi connectivity index (χ3v) is 5.29. The summed E-state index contributed by atoms with van der Waals surface area (Å²) < 4.78 is 11.3. The number of amides is 1. The first-order chi connectivity index (χ1) is 12.6. The van der Waals surface area contributed by atoms with Gasteiger partial charge in [0.1, 0.15) is 11.9 Å². The molecule has 1 N–H and O–H groups in total. The molecular formula is C21H24N2O3. The Morgan fingerprint density at radius 1 is 1.08 bits per heavy atom. The number of benzene rings is 2. The smallest absolute Gasteiger partial charge is 0.259 e. The molecule has 0 spiro atoms. The highest BCUT2D eigenvalue weighted by Crippen LogP contribution is 2.40. The fourth-order valence-electron chi connectivity index (χ4n) is 3.54. The van der Waals surface area contributed by atoms with Crippen molar-refractivity contribution in [2.45, 2.75) is 25.9 Å². The van der Waals surface area contributed by atoms with Gasteiger partial charge in [-0.1, -0.05) is 19.1 Å². The summed E-state index contributed by atoms with van der Waals surface area (Å²) in [5, 5.41) is 2.99. The second-order valence-electron chi connectivity index (χ2n) is 6.94. The maximum Gasteiger partial charge on any atom is 0.259 e. The van der Waals surface area contributed by atoms with Crippen molar-refractivity contribution in [1.82, 2.24) is 0 Å². The molecule has 2 aliphatic rings. The summed E-state index contributed by atoms with van der Waals surface area (Å²) >= 11 is 0. The van der Waals surface area contributed by atoms with Crippen molar-refractivity contribution in [1.29, 1.82) is 0 Å². The lowest BCUT2D eigenvalue weighted by atomic mass is 9.97. The molecule has 136 valence electrons. The third kappa shape index (κ3) is 3.15. The summed E-state index contributed by atoms with van der Waals surface area (Å²) in [6.07, 6.45) is 0.0896. The van der Waals surface area contributed by atoms with Gasteiger partial charge in [-0.15, -0.1) is 0 Å². The standard InChI is InChI=1S/C21H24N2O3/c1-14-15(2)26-20-18(14)4-3-5-19(20)21(24)22-16-6-8-17(9-7-16)23-10-12-25-13-11-23/h3-9,14-15H,10-13H2,1-2H3,(H,22,24)/t14-,15-/m1/s1. The molecule has 1 saturated heterocycles. The molecule has 2 heterocycles. The summed E-state index contributed by atoms with van der Waals surface area (Å²) in [6, 6.07) is 13.7. The quantitative estimate of drug-likeness (QED) is 0.916. The van der Waals surface area contributed by atoms with Crippen LogP contribution in [0, 0.1) is 0 Å². The van der Waals surface area contributed by atoms with E-state index in [0.29, 0.717) is 11.5 Å². The molecule has 2 aliphatic heterocycles. The average Bonchev–Trinajstić information content (AvgIpc) is 2.97. The number of ether oxygens (including phenoxy) is 2. The zero-order valence-electron chi connectivity index (χ0n) is 15.2. The zero-order valence-corrected chi connectivity index (χ0v) is 15.2. The number of rotatable bonds is 3. The van der Waals surface area contributed by atoms with Gasteiger partial charge < -0.3 is 19.7 Å². The molecule has 1 fully saturated rings. The van der Waals surface area contributed by atoms with Crippen LogP contribution in [0.15, 0.2) is 42.5 Å². The molecule has 0 saturated carbocycles. The van der Waals surface area contributed by atoms with Gasteiger partial charge in [0.25, 0.3) is 5.91 Å². The van der Waals surface area contributed by atoms with Crippen LogP contribution in [0.3, 0.4) is 0 Å². The molecule has 0 radical (unpaired) electrons. The van der Waals surface area contributed by atoms with Gasteiger partial charge in [0, 0.05) is 35.9 Å². The van der Waals surface area contributed by atoms with Crippen LogP contribution in [-0.4, -0.2) is 38.3 Å². The minimum atomic E-state index is -0.137. The van der Waals surface area contributed by atoms with Crippen molar-refractivity contribution in [3.8, 4) is 5.75 Å². The van der Waals surface area contributed by atoms with Gasteiger partial charge in [-0.2, -0.15) is 0 Å². The second kappa shape index (κ2) is 7.00. The molecule has 2 aromatic rings. The minimum Gasteiger partial charge on any atom is -0.489 e. The molecule has 4 rings (SSSR count). The Morgan fingerprint density at radius 2 is 1.81 bits per heavy atom. The Hall–Kier alpha value is -2.53. The zero-order chi connectivity index (χ0) is 18.1. The van der Waals surface area contributed by atoms with E-state index < -0.39 is 0 Å². The monoisotopic (exact) mass is 352 g/mol. The summed E-state index contributed by atoms with van der Waals surface area (Å²) in [5.41, 5.74) is 3.63. The van der Waals surface area contributed by atoms with Crippen LogP contribution < -0.4 is 15.0 Å². The Kier molecular flexibility index (Phi) is 4.55. The maximum atomic E-state index is 12.8. The van der Waals surface area contributed by atoms with Gasteiger partial charge in [-0.05, 0) is 37.3 Å². The summed E-state index contributed by atoms with van der Waals surface area (Å²) in [7, 11) is 0. The van der Waals surface area contributed by atoms with Crippen molar-refractivity contribution in [3.05, 3.63) is 53.6 Å². The number of carbonyl (C=O) groups excluding carboxylic acids is 1. The fourth-order valence-corrected chi connectivity index (χ4v) is 3.54. The first kappa shape index (κ1) is 16.9. The van der Waals surface area contributed by atoms with Crippen LogP contribution in [-0.2, 0) is 4.74 Å². The van der Waals surface area contributed by atoms with Crippen LogP contribution >= 0.6 is 0 Å². The maximum absolute atomic E-state index is 12.8. The molecule has 5 heteroatoms. The molecule has 26 heavy (non-hydrogen) atoms. The van der Waals surface area contributed by atoms with E-state index in [9.17, 15) is 4.79 Å². The number of fused-ring (bicyclic) bond motifs is 1. The van der Waals surface area contributed by atoms with E-state index in [1.54, 1.807) is 0 Å². The molecule has 0 unspecified atom stereocenters. The van der Waals surface area contributed by atoms with E-state index in [-0.39, 0.29) is 12.0 Å². The van der Waals surface area contributed by atoms with Crippen LogP contribution in [0.1, 0.15) is 35.7 Å². The molecular weight excluding hydrogens is 328 g/mol. The first-order valence-electron chi connectivity index (χ1n) is 9.17. The van der Waals surface area contributed by atoms with E-state index >= 15 is 0 Å². The van der Waals surface area contributed by atoms with Gasteiger partial charge in [0.05, 0.1) is 18.8 Å². The van der Waals surface area contributed by atoms with E-state index in [0.717, 1.165) is 49.0 Å². The largest absolute Gasteiger partial charge is 0.489 e. The molecule has 5 nitrogen and oxygen atoms in total. The van der Waals surface area contributed by atoms with Crippen LogP contribution in [0.25, 0.3) is 0 Å². The van der Waals surface area contributed by atoms with E-state index in [1.807, 2.05) is 49.4 Å². The van der Waals surface area contributed by atoms with Gasteiger partial charge in [-0.25, -0.2) is 0 Å². The number of morpholine rings is 1. The van der Waals surface area contributed by atoms with Crippen molar-refractivity contribution in [2.75, 3.05) is 36.5 Å². The second-order valence-corrected chi connectivity index (χ2v) is 6.94. The highest BCUT2D eigenvalue weighted by molar-refractivity contribution is 6.06. The molecule has 1 amide bonds. The normalized spacial score (nSPS) is 21.8. The van der Waals surface area contributed by atoms with E-state index in [2.05, 4.69) is 17.1 Å². The summed E-state index contributed by atoms with van der Waals surface area (Å²) in [6.45, 7) is 7.48. The Labute approximate surface area is 153 Å². The first-order valence-corrected chi connectivity index (χ1v) is 9.17. The lowest BCUT2D eigenvalue weighted by Crippen LogP contribution is -2.36. The number of anilines is 2. The highest BCUT2D eigenvalue weighted by atomic mass is 16.5. The van der Waals surface area contributed by atoms with Crippen LogP contribution in [0.5, 0.6) is 5.75 Å².